The first kappa shape index (κ1) is 14.4. The molecule has 1 aliphatic heterocycles. The number of unbranched alkanes of at least 4 members (excludes halogenated alkanes) is 5. The second-order valence-electron chi connectivity index (χ2n) is 5.66. The Labute approximate surface area is 117 Å². The number of hydrogen-bond acceptors (Lipinski definition) is 2. The largest absolute Gasteiger partial charge is 0.337 e. The SMILES string of the molecule is CCCCCCCCc1ccc2c(c1)C(C)COO2. The maximum atomic E-state index is 5.22. The highest BCUT2D eigenvalue weighted by atomic mass is 17.2. The maximum Gasteiger partial charge on any atom is 0.168 e. The summed E-state index contributed by atoms with van der Waals surface area (Å²) in [6.45, 7) is 5.11. The lowest BCUT2D eigenvalue weighted by Gasteiger charge is -2.22. The molecule has 2 nitrogen and oxygen atoms in total. The number of aryl methyl sites for hydroxylation is 1. The van der Waals surface area contributed by atoms with Crippen LogP contribution in [0.4, 0.5) is 0 Å². The van der Waals surface area contributed by atoms with Crippen LogP contribution in [0.1, 0.15) is 69.4 Å². The van der Waals surface area contributed by atoms with E-state index in [0.29, 0.717) is 12.5 Å². The normalized spacial score (nSPS) is 17.9. The Kier molecular flexibility index (Phi) is 5.71. The van der Waals surface area contributed by atoms with Crippen LogP contribution in [0.3, 0.4) is 0 Å². The topological polar surface area (TPSA) is 18.5 Å². The first-order valence-corrected chi connectivity index (χ1v) is 7.73. The van der Waals surface area contributed by atoms with E-state index in [0.717, 1.165) is 5.75 Å². The van der Waals surface area contributed by atoms with Crippen molar-refractivity contribution in [1.29, 1.82) is 0 Å². The van der Waals surface area contributed by atoms with E-state index in [1.165, 1.54) is 56.1 Å². The van der Waals surface area contributed by atoms with Gasteiger partial charge in [0.2, 0.25) is 0 Å². The summed E-state index contributed by atoms with van der Waals surface area (Å²) in [5, 5.41) is 0. The molecule has 0 amide bonds. The molecule has 1 aromatic rings. The lowest BCUT2D eigenvalue weighted by Crippen LogP contribution is -2.15. The zero-order valence-corrected chi connectivity index (χ0v) is 12.3. The van der Waals surface area contributed by atoms with Crippen LogP contribution in [-0.2, 0) is 11.3 Å². The lowest BCUT2D eigenvalue weighted by molar-refractivity contribution is -0.220. The highest BCUT2D eigenvalue weighted by molar-refractivity contribution is 5.40. The average molecular weight is 262 g/mol. The molecule has 0 bridgehead atoms. The zero-order valence-electron chi connectivity index (χ0n) is 12.3. The highest BCUT2D eigenvalue weighted by Crippen LogP contribution is 2.32. The molecule has 0 aliphatic carbocycles. The number of fused-ring (bicyclic) bond motifs is 1. The van der Waals surface area contributed by atoms with Crippen molar-refractivity contribution >= 4 is 0 Å². The molecule has 0 spiro atoms. The van der Waals surface area contributed by atoms with Crippen LogP contribution in [0.5, 0.6) is 5.75 Å². The minimum Gasteiger partial charge on any atom is -0.337 e. The van der Waals surface area contributed by atoms with Crippen molar-refractivity contribution in [1.82, 2.24) is 0 Å². The molecule has 1 atom stereocenters. The van der Waals surface area contributed by atoms with E-state index < -0.39 is 0 Å². The van der Waals surface area contributed by atoms with Crippen LogP contribution in [0.25, 0.3) is 0 Å². The van der Waals surface area contributed by atoms with E-state index in [4.69, 9.17) is 9.78 Å². The summed E-state index contributed by atoms with van der Waals surface area (Å²) in [7, 11) is 0. The van der Waals surface area contributed by atoms with Gasteiger partial charge in [-0.2, -0.15) is 4.89 Å². The van der Waals surface area contributed by atoms with E-state index in [2.05, 4.69) is 32.0 Å². The predicted octanol–water partition coefficient (Wildman–Crippen LogP) is 5.02. The van der Waals surface area contributed by atoms with Crippen LogP contribution in [0, 0.1) is 0 Å². The lowest BCUT2D eigenvalue weighted by atomic mass is 9.96. The molecule has 1 heterocycles. The van der Waals surface area contributed by atoms with E-state index in [-0.39, 0.29) is 0 Å². The second-order valence-corrected chi connectivity index (χ2v) is 5.66. The minimum atomic E-state index is 0.438. The monoisotopic (exact) mass is 262 g/mol. The van der Waals surface area contributed by atoms with Gasteiger partial charge in [0.05, 0.1) is 0 Å². The molecule has 106 valence electrons. The van der Waals surface area contributed by atoms with Crippen molar-refractivity contribution in [2.45, 2.75) is 64.7 Å². The summed E-state index contributed by atoms with van der Waals surface area (Å²) >= 11 is 0. The van der Waals surface area contributed by atoms with Crippen molar-refractivity contribution in [3.05, 3.63) is 29.3 Å². The van der Waals surface area contributed by atoms with Crippen LogP contribution < -0.4 is 4.89 Å². The number of rotatable bonds is 7. The van der Waals surface area contributed by atoms with Gasteiger partial charge in [-0.05, 0) is 24.5 Å². The summed E-state index contributed by atoms with van der Waals surface area (Å²) < 4.78 is 0. The molecule has 2 rings (SSSR count). The Morgan fingerprint density at radius 1 is 1.11 bits per heavy atom. The molecular weight excluding hydrogens is 236 g/mol. The van der Waals surface area contributed by atoms with Gasteiger partial charge in [0, 0.05) is 11.5 Å². The Hall–Kier alpha value is -1.02. The molecule has 0 N–H and O–H groups in total. The fraction of sp³-hybridized carbons (Fsp3) is 0.647. The van der Waals surface area contributed by atoms with Crippen LogP contribution in [0.15, 0.2) is 18.2 Å². The van der Waals surface area contributed by atoms with E-state index in [1.807, 2.05) is 0 Å². The fourth-order valence-corrected chi connectivity index (χ4v) is 2.61. The van der Waals surface area contributed by atoms with Crippen LogP contribution in [-0.4, -0.2) is 6.61 Å². The molecule has 2 heteroatoms. The first-order chi connectivity index (χ1) is 9.31. The quantitative estimate of drug-likeness (QED) is 0.507. The second kappa shape index (κ2) is 7.54. The Balaban J connectivity index is 1.79. The molecule has 19 heavy (non-hydrogen) atoms. The van der Waals surface area contributed by atoms with Crippen LogP contribution >= 0.6 is 0 Å². The average Bonchev–Trinajstić information content (AvgIpc) is 2.43. The summed E-state index contributed by atoms with van der Waals surface area (Å²) in [4.78, 5) is 10.3. The standard InChI is InChI=1S/C17H26O2/c1-3-4-5-6-7-8-9-15-10-11-17-16(12-15)14(2)13-18-19-17/h10-12,14H,3-9,13H2,1-2H3. The molecule has 0 saturated heterocycles. The van der Waals surface area contributed by atoms with Gasteiger partial charge in [-0.25, -0.2) is 0 Å². The summed E-state index contributed by atoms with van der Waals surface area (Å²) in [5.41, 5.74) is 2.74. The predicted molar refractivity (Wildman–Crippen MR) is 78.5 cm³/mol. The van der Waals surface area contributed by atoms with Crippen molar-refractivity contribution in [3.8, 4) is 5.75 Å². The molecule has 0 saturated carbocycles. The van der Waals surface area contributed by atoms with E-state index >= 15 is 0 Å². The van der Waals surface area contributed by atoms with Crippen molar-refractivity contribution < 1.29 is 9.78 Å². The van der Waals surface area contributed by atoms with Gasteiger partial charge in [0.15, 0.2) is 5.75 Å². The fourth-order valence-electron chi connectivity index (χ4n) is 2.61. The van der Waals surface area contributed by atoms with Gasteiger partial charge >= 0.3 is 0 Å². The smallest absolute Gasteiger partial charge is 0.168 e. The third-order valence-electron chi connectivity index (χ3n) is 3.89. The minimum absolute atomic E-state index is 0.438. The Bertz CT molecular complexity index is 387. The Morgan fingerprint density at radius 2 is 1.89 bits per heavy atom. The molecule has 0 fully saturated rings. The van der Waals surface area contributed by atoms with E-state index in [9.17, 15) is 0 Å². The van der Waals surface area contributed by atoms with Gasteiger partial charge in [-0.1, -0.05) is 58.1 Å². The highest BCUT2D eigenvalue weighted by Gasteiger charge is 2.19. The third kappa shape index (κ3) is 4.24. The number of hydrogen-bond donors (Lipinski definition) is 0. The molecule has 0 radical (unpaired) electrons. The van der Waals surface area contributed by atoms with Crippen molar-refractivity contribution in [3.63, 3.8) is 0 Å². The molecular formula is C17H26O2. The van der Waals surface area contributed by atoms with Gasteiger partial charge in [0.1, 0.15) is 6.61 Å². The van der Waals surface area contributed by atoms with E-state index in [1.54, 1.807) is 0 Å². The zero-order chi connectivity index (χ0) is 13.5. The summed E-state index contributed by atoms with van der Waals surface area (Å²) in [6.07, 6.45) is 9.32. The van der Waals surface area contributed by atoms with Gasteiger partial charge in [-0.3, -0.25) is 0 Å². The third-order valence-corrected chi connectivity index (χ3v) is 3.89. The van der Waals surface area contributed by atoms with Gasteiger partial charge < -0.3 is 4.89 Å². The van der Waals surface area contributed by atoms with Crippen molar-refractivity contribution in [2.24, 2.45) is 0 Å². The van der Waals surface area contributed by atoms with Gasteiger partial charge in [-0.15, -0.1) is 0 Å². The number of benzene rings is 1. The van der Waals surface area contributed by atoms with Crippen LogP contribution in [0.2, 0.25) is 0 Å². The van der Waals surface area contributed by atoms with Crippen molar-refractivity contribution in [2.75, 3.05) is 6.61 Å². The Morgan fingerprint density at radius 3 is 2.74 bits per heavy atom. The molecule has 1 aliphatic rings. The first-order valence-electron chi connectivity index (χ1n) is 7.73. The molecule has 0 aromatic heterocycles. The molecule has 1 unspecified atom stereocenters. The summed E-state index contributed by atoms with van der Waals surface area (Å²) in [6, 6.07) is 6.53. The summed E-state index contributed by atoms with van der Waals surface area (Å²) in [5.74, 6) is 1.33. The maximum absolute atomic E-state index is 5.22. The molecule has 1 aromatic carbocycles. The van der Waals surface area contributed by atoms with Gasteiger partial charge in [0.25, 0.3) is 0 Å².